The van der Waals surface area contributed by atoms with Gasteiger partial charge < -0.3 is 10.2 Å². The van der Waals surface area contributed by atoms with Gasteiger partial charge >= 0.3 is 0 Å². The second kappa shape index (κ2) is 4.06. The Labute approximate surface area is 114 Å². The van der Waals surface area contributed by atoms with Crippen molar-refractivity contribution in [3.63, 3.8) is 0 Å². The smallest absolute Gasteiger partial charge is 0.230 e. The second-order valence-corrected chi connectivity index (χ2v) is 4.63. The lowest BCUT2D eigenvalue weighted by molar-refractivity contribution is 0.620. The molecule has 0 amide bonds. The van der Waals surface area contributed by atoms with Gasteiger partial charge in [-0.05, 0) is 35.0 Å². The minimum Gasteiger partial charge on any atom is -0.434 e. The van der Waals surface area contributed by atoms with Crippen LogP contribution < -0.4 is 5.73 Å². The van der Waals surface area contributed by atoms with Gasteiger partial charge in [0.2, 0.25) is 5.89 Å². The molecule has 2 aromatic carbocycles. The summed E-state index contributed by atoms with van der Waals surface area (Å²) in [4.78, 5) is 8.57. The van der Waals surface area contributed by atoms with Crippen LogP contribution in [-0.2, 0) is 0 Å². The maximum absolute atomic E-state index is 6.12. The summed E-state index contributed by atoms with van der Waals surface area (Å²) >= 11 is 0. The Kier molecular flexibility index (Phi) is 2.23. The summed E-state index contributed by atoms with van der Waals surface area (Å²) in [5.74, 6) is 0.502. The summed E-state index contributed by atoms with van der Waals surface area (Å²) in [5.41, 5.74) is 8.82. The molecule has 0 spiro atoms. The SMILES string of the molecule is Nc1cc2ccccc2cc1-c1nc2ncccc2o1. The molecule has 2 N–H and O–H groups in total. The molecule has 0 bridgehead atoms. The minimum absolute atomic E-state index is 0.502. The van der Waals surface area contributed by atoms with Gasteiger partial charge in [0.1, 0.15) is 0 Å². The number of nitrogen functional groups attached to an aromatic ring is 1. The fraction of sp³-hybridized carbons (Fsp3) is 0. The number of hydrogen-bond donors (Lipinski definition) is 1. The van der Waals surface area contributed by atoms with E-state index in [1.165, 1.54) is 0 Å². The van der Waals surface area contributed by atoms with Crippen molar-refractivity contribution >= 4 is 27.7 Å². The van der Waals surface area contributed by atoms with Crippen molar-refractivity contribution in [2.24, 2.45) is 0 Å². The maximum atomic E-state index is 6.12. The fourth-order valence-electron chi connectivity index (χ4n) is 2.33. The third-order valence-corrected chi connectivity index (χ3v) is 3.31. The van der Waals surface area contributed by atoms with Crippen molar-refractivity contribution in [1.29, 1.82) is 0 Å². The van der Waals surface area contributed by atoms with Crippen LogP contribution in [0.5, 0.6) is 0 Å². The number of fused-ring (bicyclic) bond motifs is 2. The van der Waals surface area contributed by atoms with Crippen molar-refractivity contribution in [2.45, 2.75) is 0 Å². The molecule has 96 valence electrons. The van der Waals surface area contributed by atoms with E-state index in [1.807, 2.05) is 48.5 Å². The standard InChI is InChI=1S/C16H11N3O/c17-13-9-11-5-2-1-4-10(11)8-12(13)16-19-15-14(20-16)6-3-7-18-15/h1-9H,17H2. The topological polar surface area (TPSA) is 64.9 Å². The number of nitrogens with two attached hydrogens (primary N) is 1. The highest BCUT2D eigenvalue weighted by molar-refractivity contribution is 5.92. The van der Waals surface area contributed by atoms with E-state index in [2.05, 4.69) is 9.97 Å². The van der Waals surface area contributed by atoms with Crippen LogP contribution in [0.25, 0.3) is 33.5 Å². The Morgan fingerprint density at radius 2 is 1.75 bits per heavy atom. The van der Waals surface area contributed by atoms with Crippen molar-refractivity contribution in [3.8, 4) is 11.5 Å². The van der Waals surface area contributed by atoms with Gasteiger partial charge in [-0.25, -0.2) is 4.98 Å². The molecule has 0 aliphatic heterocycles. The van der Waals surface area contributed by atoms with E-state index in [1.54, 1.807) is 6.20 Å². The Morgan fingerprint density at radius 1 is 0.950 bits per heavy atom. The Balaban J connectivity index is 1.98. The Hall–Kier alpha value is -2.88. The number of oxazole rings is 1. The van der Waals surface area contributed by atoms with Crippen LogP contribution in [-0.4, -0.2) is 9.97 Å². The fourth-order valence-corrected chi connectivity index (χ4v) is 2.33. The van der Waals surface area contributed by atoms with E-state index < -0.39 is 0 Å². The van der Waals surface area contributed by atoms with E-state index in [-0.39, 0.29) is 0 Å². The second-order valence-electron chi connectivity index (χ2n) is 4.63. The molecule has 4 nitrogen and oxygen atoms in total. The normalized spacial score (nSPS) is 11.2. The molecule has 0 radical (unpaired) electrons. The maximum Gasteiger partial charge on any atom is 0.230 e. The highest BCUT2D eigenvalue weighted by Crippen LogP contribution is 2.31. The Morgan fingerprint density at radius 3 is 2.55 bits per heavy atom. The number of rotatable bonds is 1. The van der Waals surface area contributed by atoms with Gasteiger partial charge in [-0.3, -0.25) is 0 Å². The summed E-state index contributed by atoms with van der Waals surface area (Å²) in [7, 11) is 0. The predicted octanol–water partition coefficient (Wildman–Crippen LogP) is 3.63. The lowest BCUT2D eigenvalue weighted by atomic mass is 10.1. The van der Waals surface area contributed by atoms with Gasteiger partial charge in [0.15, 0.2) is 11.2 Å². The van der Waals surface area contributed by atoms with E-state index in [0.717, 1.165) is 16.3 Å². The highest BCUT2D eigenvalue weighted by Gasteiger charge is 2.12. The first-order valence-electron chi connectivity index (χ1n) is 6.31. The van der Waals surface area contributed by atoms with Gasteiger partial charge in [-0.15, -0.1) is 0 Å². The lowest BCUT2D eigenvalue weighted by Gasteiger charge is -2.04. The first kappa shape index (κ1) is 11.0. The first-order valence-corrected chi connectivity index (χ1v) is 6.31. The van der Waals surface area contributed by atoms with Crippen molar-refractivity contribution in [1.82, 2.24) is 9.97 Å². The summed E-state index contributed by atoms with van der Waals surface area (Å²) < 4.78 is 5.73. The minimum atomic E-state index is 0.502. The van der Waals surface area contributed by atoms with Crippen molar-refractivity contribution in [2.75, 3.05) is 5.73 Å². The highest BCUT2D eigenvalue weighted by atomic mass is 16.3. The van der Waals surface area contributed by atoms with Gasteiger partial charge in [0.25, 0.3) is 0 Å². The summed E-state index contributed by atoms with van der Waals surface area (Å²) in [6.07, 6.45) is 1.69. The number of anilines is 1. The number of nitrogens with zero attached hydrogens (tertiary/aromatic N) is 2. The molecule has 0 aliphatic carbocycles. The number of hydrogen-bond acceptors (Lipinski definition) is 4. The average molecular weight is 261 g/mol. The van der Waals surface area contributed by atoms with E-state index in [0.29, 0.717) is 22.8 Å². The van der Waals surface area contributed by atoms with Gasteiger partial charge in [-0.1, -0.05) is 24.3 Å². The van der Waals surface area contributed by atoms with Crippen LogP contribution in [0.15, 0.2) is 59.1 Å². The van der Waals surface area contributed by atoms with Gasteiger partial charge in [-0.2, -0.15) is 4.98 Å². The number of benzene rings is 2. The molecule has 0 saturated carbocycles. The van der Waals surface area contributed by atoms with E-state index in [4.69, 9.17) is 10.2 Å². The quantitative estimate of drug-likeness (QED) is 0.531. The summed E-state index contributed by atoms with van der Waals surface area (Å²) in [5, 5.41) is 2.20. The third kappa shape index (κ3) is 1.62. The molecule has 0 atom stereocenters. The predicted molar refractivity (Wildman–Crippen MR) is 79.2 cm³/mol. The zero-order valence-electron chi connectivity index (χ0n) is 10.6. The van der Waals surface area contributed by atoms with Crippen LogP contribution in [0, 0.1) is 0 Å². The molecule has 4 rings (SSSR count). The van der Waals surface area contributed by atoms with Crippen LogP contribution in [0.3, 0.4) is 0 Å². The summed E-state index contributed by atoms with van der Waals surface area (Å²) in [6, 6.07) is 15.7. The van der Waals surface area contributed by atoms with E-state index in [9.17, 15) is 0 Å². The van der Waals surface area contributed by atoms with Gasteiger partial charge in [0, 0.05) is 11.9 Å². The lowest BCUT2D eigenvalue weighted by Crippen LogP contribution is -1.90. The molecule has 0 unspecified atom stereocenters. The molecular formula is C16H11N3O. The molecule has 2 aromatic heterocycles. The molecule has 20 heavy (non-hydrogen) atoms. The third-order valence-electron chi connectivity index (χ3n) is 3.31. The summed E-state index contributed by atoms with van der Waals surface area (Å²) in [6.45, 7) is 0. The van der Waals surface area contributed by atoms with E-state index >= 15 is 0 Å². The number of aromatic nitrogens is 2. The van der Waals surface area contributed by atoms with Crippen LogP contribution in [0.1, 0.15) is 0 Å². The van der Waals surface area contributed by atoms with Crippen LogP contribution in [0.4, 0.5) is 5.69 Å². The molecule has 4 heteroatoms. The number of pyridine rings is 1. The van der Waals surface area contributed by atoms with Gasteiger partial charge in [0.05, 0.1) is 5.56 Å². The molecule has 0 aliphatic rings. The van der Waals surface area contributed by atoms with Crippen molar-refractivity contribution < 1.29 is 4.42 Å². The zero-order chi connectivity index (χ0) is 13.5. The Bertz CT molecular complexity index is 894. The molecule has 4 aromatic rings. The van der Waals surface area contributed by atoms with Crippen LogP contribution in [0.2, 0.25) is 0 Å². The molecule has 2 heterocycles. The molecule has 0 fully saturated rings. The largest absolute Gasteiger partial charge is 0.434 e. The molecule has 0 saturated heterocycles. The monoisotopic (exact) mass is 261 g/mol. The zero-order valence-corrected chi connectivity index (χ0v) is 10.6. The van der Waals surface area contributed by atoms with Crippen molar-refractivity contribution in [3.05, 3.63) is 54.7 Å². The molecular weight excluding hydrogens is 250 g/mol. The average Bonchev–Trinajstić information content (AvgIpc) is 2.90. The van der Waals surface area contributed by atoms with Crippen LogP contribution >= 0.6 is 0 Å². The first-order chi connectivity index (χ1) is 9.81.